The summed E-state index contributed by atoms with van der Waals surface area (Å²) in [6.45, 7) is 0. The number of esters is 1. The van der Waals surface area contributed by atoms with Crippen LogP contribution in [0.4, 0.5) is 11.4 Å². The van der Waals surface area contributed by atoms with Crippen LogP contribution in [0.2, 0.25) is 0 Å². The molecule has 1 aliphatic carbocycles. The molecule has 1 saturated carbocycles. The van der Waals surface area contributed by atoms with Crippen molar-refractivity contribution >= 4 is 29.2 Å². The van der Waals surface area contributed by atoms with Crippen molar-refractivity contribution in [1.29, 1.82) is 0 Å². The first-order chi connectivity index (χ1) is 12.1. The number of ether oxygens (including phenoxy) is 1. The van der Waals surface area contributed by atoms with E-state index in [-0.39, 0.29) is 23.3 Å². The third kappa shape index (κ3) is 4.03. The predicted molar refractivity (Wildman–Crippen MR) is 93.5 cm³/mol. The molecule has 0 aromatic heterocycles. The molecule has 0 bridgehead atoms. The Bertz CT molecular complexity index is 810. The Kier molecular flexibility index (Phi) is 4.79. The van der Waals surface area contributed by atoms with Gasteiger partial charge in [0.05, 0.1) is 18.4 Å². The molecule has 0 aliphatic heterocycles. The lowest BCUT2D eigenvalue weighted by atomic mass is 10.1. The Morgan fingerprint density at radius 3 is 2.28 bits per heavy atom. The van der Waals surface area contributed by atoms with Crippen LogP contribution in [0.1, 0.15) is 33.6 Å². The first-order valence-electron chi connectivity index (χ1n) is 7.98. The highest BCUT2D eigenvalue weighted by atomic mass is 16.5. The zero-order chi connectivity index (χ0) is 17.8. The van der Waals surface area contributed by atoms with Crippen molar-refractivity contribution in [2.24, 2.45) is 5.92 Å². The van der Waals surface area contributed by atoms with Crippen LogP contribution >= 0.6 is 0 Å². The van der Waals surface area contributed by atoms with E-state index < -0.39 is 5.97 Å². The summed E-state index contributed by atoms with van der Waals surface area (Å²) in [5, 5.41) is 5.52. The number of amides is 2. The minimum absolute atomic E-state index is 0.0178. The minimum atomic E-state index is -0.519. The van der Waals surface area contributed by atoms with Gasteiger partial charge in [0, 0.05) is 17.2 Å². The highest BCUT2D eigenvalue weighted by molar-refractivity contribution is 6.08. The number of methoxy groups -OCH3 is 1. The van der Waals surface area contributed by atoms with E-state index in [0.717, 1.165) is 12.8 Å². The van der Waals surface area contributed by atoms with E-state index in [4.69, 9.17) is 4.74 Å². The van der Waals surface area contributed by atoms with Gasteiger partial charge in [-0.25, -0.2) is 4.79 Å². The lowest BCUT2D eigenvalue weighted by molar-refractivity contribution is -0.117. The van der Waals surface area contributed by atoms with Crippen LogP contribution in [0.25, 0.3) is 0 Å². The van der Waals surface area contributed by atoms with Crippen molar-refractivity contribution in [2.75, 3.05) is 17.7 Å². The second kappa shape index (κ2) is 7.17. The zero-order valence-electron chi connectivity index (χ0n) is 13.7. The fourth-order valence-electron chi connectivity index (χ4n) is 2.37. The van der Waals surface area contributed by atoms with Crippen molar-refractivity contribution in [3.05, 3.63) is 59.7 Å². The van der Waals surface area contributed by atoms with Crippen molar-refractivity contribution in [3.8, 4) is 0 Å². The van der Waals surface area contributed by atoms with Gasteiger partial charge in [0.1, 0.15) is 0 Å². The molecule has 1 fully saturated rings. The Balaban J connectivity index is 1.69. The summed E-state index contributed by atoms with van der Waals surface area (Å²) >= 11 is 0. The van der Waals surface area contributed by atoms with Crippen molar-refractivity contribution in [1.82, 2.24) is 0 Å². The fourth-order valence-corrected chi connectivity index (χ4v) is 2.37. The van der Waals surface area contributed by atoms with Gasteiger partial charge in [-0.15, -0.1) is 0 Å². The second-order valence-corrected chi connectivity index (χ2v) is 5.83. The van der Waals surface area contributed by atoms with Crippen LogP contribution in [0.15, 0.2) is 48.5 Å². The number of hydrogen-bond donors (Lipinski definition) is 2. The third-order valence-electron chi connectivity index (χ3n) is 3.94. The maximum Gasteiger partial charge on any atom is 0.339 e. The smallest absolute Gasteiger partial charge is 0.339 e. The molecule has 25 heavy (non-hydrogen) atoms. The average Bonchev–Trinajstić information content (AvgIpc) is 3.47. The van der Waals surface area contributed by atoms with E-state index in [2.05, 4.69) is 10.6 Å². The van der Waals surface area contributed by atoms with Crippen molar-refractivity contribution in [3.63, 3.8) is 0 Å². The highest BCUT2D eigenvalue weighted by Crippen LogP contribution is 2.30. The molecule has 2 aromatic carbocycles. The van der Waals surface area contributed by atoms with Gasteiger partial charge in [-0.1, -0.05) is 12.1 Å². The Morgan fingerprint density at radius 2 is 1.64 bits per heavy atom. The first kappa shape index (κ1) is 16.7. The predicted octanol–water partition coefficient (Wildman–Crippen LogP) is 3.07. The number of benzene rings is 2. The molecule has 0 atom stereocenters. The van der Waals surface area contributed by atoms with Gasteiger partial charge in [-0.3, -0.25) is 9.59 Å². The molecular formula is C19H18N2O4. The minimum Gasteiger partial charge on any atom is -0.465 e. The van der Waals surface area contributed by atoms with Gasteiger partial charge in [0.25, 0.3) is 5.91 Å². The normalized spacial score (nSPS) is 13.0. The van der Waals surface area contributed by atoms with E-state index in [1.165, 1.54) is 7.11 Å². The summed E-state index contributed by atoms with van der Waals surface area (Å²) in [5.74, 6) is -0.729. The summed E-state index contributed by atoms with van der Waals surface area (Å²) < 4.78 is 4.71. The molecular weight excluding hydrogens is 320 g/mol. The summed E-state index contributed by atoms with van der Waals surface area (Å²) in [6.07, 6.45) is 1.87. The number of nitrogens with one attached hydrogen (secondary N) is 2. The summed E-state index contributed by atoms with van der Waals surface area (Å²) in [4.78, 5) is 35.9. The van der Waals surface area contributed by atoms with Gasteiger partial charge in [-0.05, 0) is 49.2 Å². The molecule has 1 aliphatic rings. The largest absolute Gasteiger partial charge is 0.465 e. The lowest BCUT2D eigenvalue weighted by Gasteiger charge is -2.10. The maximum atomic E-state index is 12.4. The van der Waals surface area contributed by atoms with Gasteiger partial charge in [0.2, 0.25) is 5.91 Å². The standard InChI is InChI=1S/C19H18N2O4/c1-25-19(24)15-4-2-3-5-16(15)21-18(23)13-8-10-14(11-9-13)20-17(22)12-6-7-12/h2-5,8-12H,6-7H2,1H3,(H,20,22)(H,21,23). The first-order valence-corrected chi connectivity index (χ1v) is 7.98. The number of carbonyl (C=O) groups excluding carboxylic acids is 3. The molecule has 3 rings (SSSR count). The highest BCUT2D eigenvalue weighted by Gasteiger charge is 2.29. The molecule has 0 radical (unpaired) electrons. The van der Waals surface area contributed by atoms with Crippen LogP contribution in [0.3, 0.4) is 0 Å². The van der Waals surface area contributed by atoms with Crippen LogP contribution in [0.5, 0.6) is 0 Å². The molecule has 6 heteroatoms. The Labute approximate surface area is 145 Å². The number of rotatable bonds is 5. The molecule has 2 N–H and O–H groups in total. The molecule has 0 saturated heterocycles. The molecule has 0 spiro atoms. The Morgan fingerprint density at radius 1 is 0.960 bits per heavy atom. The van der Waals surface area contributed by atoms with Crippen LogP contribution in [-0.2, 0) is 9.53 Å². The number of carbonyl (C=O) groups is 3. The quantitative estimate of drug-likeness (QED) is 0.821. The third-order valence-corrected chi connectivity index (χ3v) is 3.94. The van der Waals surface area contributed by atoms with E-state index in [9.17, 15) is 14.4 Å². The zero-order valence-corrected chi connectivity index (χ0v) is 13.7. The van der Waals surface area contributed by atoms with Crippen molar-refractivity contribution in [2.45, 2.75) is 12.8 Å². The van der Waals surface area contributed by atoms with E-state index in [1.807, 2.05) is 0 Å². The molecule has 0 unspecified atom stereocenters. The van der Waals surface area contributed by atoms with Crippen LogP contribution in [0, 0.1) is 5.92 Å². The van der Waals surface area contributed by atoms with E-state index >= 15 is 0 Å². The topological polar surface area (TPSA) is 84.5 Å². The monoisotopic (exact) mass is 338 g/mol. The lowest BCUT2D eigenvalue weighted by Crippen LogP contribution is -2.16. The average molecular weight is 338 g/mol. The summed E-state index contributed by atoms with van der Waals surface area (Å²) in [6, 6.07) is 13.2. The molecule has 0 heterocycles. The van der Waals surface area contributed by atoms with Gasteiger partial charge in [-0.2, -0.15) is 0 Å². The number of anilines is 2. The number of hydrogen-bond acceptors (Lipinski definition) is 4. The van der Waals surface area contributed by atoms with Crippen LogP contribution in [-0.4, -0.2) is 24.9 Å². The van der Waals surface area contributed by atoms with Gasteiger partial charge in [0.15, 0.2) is 0 Å². The molecule has 2 aromatic rings. The Hall–Kier alpha value is -3.15. The van der Waals surface area contributed by atoms with E-state index in [0.29, 0.717) is 16.9 Å². The van der Waals surface area contributed by atoms with Gasteiger partial charge < -0.3 is 15.4 Å². The summed E-state index contributed by atoms with van der Waals surface area (Å²) in [7, 11) is 1.29. The van der Waals surface area contributed by atoms with Gasteiger partial charge >= 0.3 is 5.97 Å². The SMILES string of the molecule is COC(=O)c1ccccc1NC(=O)c1ccc(NC(=O)C2CC2)cc1. The van der Waals surface area contributed by atoms with E-state index in [1.54, 1.807) is 48.5 Å². The summed E-state index contributed by atoms with van der Waals surface area (Å²) in [5.41, 5.74) is 1.74. The molecule has 2 amide bonds. The molecule has 128 valence electrons. The molecule has 6 nitrogen and oxygen atoms in total. The maximum absolute atomic E-state index is 12.4. The number of para-hydroxylation sites is 1. The van der Waals surface area contributed by atoms with Crippen molar-refractivity contribution < 1.29 is 19.1 Å². The van der Waals surface area contributed by atoms with Crippen LogP contribution < -0.4 is 10.6 Å². The second-order valence-electron chi connectivity index (χ2n) is 5.83. The fraction of sp³-hybridized carbons (Fsp3) is 0.211.